The minimum atomic E-state index is -0.742. The Morgan fingerprint density at radius 2 is 2.37 bits per heavy atom. The lowest BCUT2D eigenvalue weighted by molar-refractivity contribution is -0.137. The molecule has 0 radical (unpaired) electrons. The summed E-state index contributed by atoms with van der Waals surface area (Å²) >= 11 is 3.47. The number of benzene rings is 1. The highest BCUT2D eigenvalue weighted by Gasteiger charge is 2.24. The molecule has 1 fully saturated rings. The number of anilines is 1. The molecule has 1 heterocycles. The lowest BCUT2D eigenvalue weighted by Crippen LogP contribution is -2.41. The highest BCUT2D eigenvalue weighted by molar-refractivity contribution is 9.10. The van der Waals surface area contributed by atoms with Crippen LogP contribution in [0.15, 0.2) is 22.7 Å². The lowest BCUT2D eigenvalue weighted by Gasteiger charge is -2.32. The molecule has 0 amide bonds. The summed E-state index contributed by atoms with van der Waals surface area (Å²) in [6.45, 7) is 4.63. The van der Waals surface area contributed by atoms with Crippen molar-refractivity contribution in [1.82, 2.24) is 5.32 Å². The summed E-state index contributed by atoms with van der Waals surface area (Å²) in [5, 5.41) is 12.4. The first-order valence-corrected chi connectivity index (χ1v) is 7.32. The van der Waals surface area contributed by atoms with Crippen LogP contribution in [0.5, 0.6) is 0 Å². The van der Waals surface area contributed by atoms with Crippen molar-refractivity contribution >= 4 is 27.6 Å². The van der Waals surface area contributed by atoms with Crippen LogP contribution in [-0.2, 0) is 4.79 Å². The summed E-state index contributed by atoms with van der Waals surface area (Å²) in [6, 6.07) is 6.17. The number of hydrogen-bond acceptors (Lipinski definition) is 3. The molecule has 1 atom stereocenters. The molecule has 1 unspecified atom stereocenters. The van der Waals surface area contributed by atoms with Gasteiger partial charge in [-0.15, -0.1) is 0 Å². The van der Waals surface area contributed by atoms with Crippen LogP contribution >= 0.6 is 15.9 Å². The topological polar surface area (TPSA) is 52.6 Å². The van der Waals surface area contributed by atoms with Gasteiger partial charge in [-0.1, -0.05) is 15.9 Å². The zero-order valence-electron chi connectivity index (χ0n) is 11.0. The minimum Gasteiger partial charge on any atom is -0.481 e. The molecule has 5 heteroatoms. The van der Waals surface area contributed by atoms with Gasteiger partial charge in [-0.05, 0) is 43.7 Å². The van der Waals surface area contributed by atoms with E-state index in [4.69, 9.17) is 5.11 Å². The third-order valence-corrected chi connectivity index (χ3v) is 3.95. The van der Waals surface area contributed by atoms with Crippen molar-refractivity contribution in [1.29, 1.82) is 0 Å². The molecule has 1 aromatic carbocycles. The molecule has 1 saturated heterocycles. The molecule has 1 aromatic rings. The number of carboxylic acids is 1. The smallest absolute Gasteiger partial charge is 0.305 e. The minimum absolute atomic E-state index is 0.0138. The fraction of sp³-hybridized carbons (Fsp3) is 0.500. The zero-order chi connectivity index (χ0) is 13.8. The molecule has 19 heavy (non-hydrogen) atoms. The molecule has 2 rings (SSSR count). The van der Waals surface area contributed by atoms with Gasteiger partial charge < -0.3 is 15.3 Å². The number of hydrogen-bond donors (Lipinski definition) is 2. The van der Waals surface area contributed by atoms with E-state index in [1.807, 2.05) is 6.07 Å². The van der Waals surface area contributed by atoms with Gasteiger partial charge in [-0.2, -0.15) is 0 Å². The van der Waals surface area contributed by atoms with E-state index < -0.39 is 5.97 Å². The first-order valence-electron chi connectivity index (χ1n) is 6.53. The Morgan fingerprint density at radius 3 is 3.05 bits per heavy atom. The highest BCUT2D eigenvalue weighted by atomic mass is 79.9. The fourth-order valence-electron chi connectivity index (χ4n) is 2.58. The molecule has 2 N–H and O–H groups in total. The van der Waals surface area contributed by atoms with Crippen LogP contribution in [0.2, 0.25) is 0 Å². The maximum atomic E-state index is 11.0. The van der Waals surface area contributed by atoms with Crippen molar-refractivity contribution in [3.63, 3.8) is 0 Å². The average molecular weight is 327 g/mol. The van der Waals surface area contributed by atoms with Gasteiger partial charge in [0, 0.05) is 23.2 Å². The Morgan fingerprint density at radius 1 is 1.58 bits per heavy atom. The van der Waals surface area contributed by atoms with Crippen molar-refractivity contribution in [3.8, 4) is 0 Å². The third-order valence-electron chi connectivity index (χ3n) is 3.45. The summed E-state index contributed by atoms with van der Waals surface area (Å²) in [5.41, 5.74) is 2.31. The van der Waals surface area contributed by atoms with Crippen molar-refractivity contribution < 1.29 is 9.90 Å². The van der Waals surface area contributed by atoms with Crippen molar-refractivity contribution in [2.75, 3.05) is 24.5 Å². The quantitative estimate of drug-likeness (QED) is 0.895. The number of aliphatic carboxylic acids is 1. The molecule has 0 saturated carbocycles. The van der Waals surface area contributed by atoms with E-state index in [1.165, 1.54) is 5.56 Å². The maximum absolute atomic E-state index is 11.0. The van der Waals surface area contributed by atoms with Gasteiger partial charge in [0.1, 0.15) is 0 Å². The van der Waals surface area contributed by atoms with E-state index in [0.29, 0.717) is 0 Å². The second kappa shape index (κ2) is 6.39. The first-order chi connectivity index (χ1) is 9.08. The van der Waals surface area contributed by atoms with Gasteiger partial charge in [0.25, 0.3) is 0 Å². The predicted molar refractivity (Wildman–Crippen MR) is 79.8 cm³/mol. The maximum Gasteiger partial charge on any atom is 0.305 e. The Labute approximate surface area is 121 Å². The number of carboxylic acid groups (broad SMARTS) is 1. The summed E-state index contributed by atoms with van der Waals surface area (Å²) < 4.78 is 1.05. The molecular formula is C14H19BrN2O2. The number of nitrogens with one attached hydrogen (secondary N) is 1. The molecule has 0 aromatic heterocycles. The van der Waals surface area contributed by atoms with Gasteiger partial charge in [-0.3, -0.25) is 4.79 Å². The van der Waals surface area contributed by atoms with Crippen LogP contribution in [-0.4, -0.2) is 36.8 Å². The Kier molecular flexibility index (Phi) is 4.82. The second-order valence-corrected chi connectivity index (χ2v) is 5.85. The van der Waals surface area contributed by atoms with Crippen LogP contribution in [0.3, 0.4) is 0 Å². The van der Waals surface area contributed by atoms with E-state index in [9.17, 15) is 4.79 Å². The molecule has 4 nitrogen and oxygen atoms in total. The fourth-order valence-corrected chi connectivity index (χ4v) is 3.05. The van der Waals surface area contributed by atoms with Crippen LogP contribution in [0.1, 0.15) is 18.4 Å². The average Bonchev–Trinajstić information content (AvgIpc) is 2.54. The molecular weight excluding hydrogens is 308 g/mol. The van der Waals surface area contributed by atoms with E-state index >= 15 is 0 Å². The van der Waals surface area contributed by atoms with Gasteiger partial charge in [0.2, 0.25) is 0 Å². The number of carbonyl (C=O) groups is 1. The molecule has 104 valence electrons. The monoisotopic (exact) mass is 326 g/mol. The standard InChI is InChI=1S/C14H19BrN2O2/c1-10-7-11(15)3-4-13(10)17-6-2-5-16-9-12(17)8-14(18)19/h3-4,7,12,16H,2,5-6,8-9H2,1H3,(H,18,19). The number of nitrogens with zero attached hydrogens (tertiary/aromatic N) is 1. The van der Waals surface area contributed by atoms with Gasteiger partial charge in [-0.25, -0.2) is 0 Å². The Bertz CT molecular complexity index is 465. The second-order valence-electron chi connectivity index (χ2n) is 4.93. The summed E-state index contributed by atoms with van der Waals surface area (Å²) in [5.74, 6) is -0.742. The zero-order valence-corrected chi connectivity index (χ0v) is 12.6. The highest BCUT2D eigenvalue weighted by Crippen LogP contribution is 2.27. The van der Waals surface area contributed by atoms with Crippen LogP contribution in [0.4, 0.5) is 5.69 Å². The van der Waals surface area contributed by atoms with E-state index in [-0.39, 0.29) is 12.5 Å². The van der Waals surface area contributed by atoms with Crippen molar-refractivity contribution in [3.05, 3.63) is 28.2 Å². The SMILES string of the molecule is Cc1cc(Br)ccc1N1CCCNCC1CC(=O)O. The van der Waals surface area contributed by atoms with Crippen molar-refractivity contribution in [2.24, 2.45) is 0 Å². The number of rotatable bonds is 3. The third kappa shape index (κ3) is 3.70. The summed E-state index contributed by atoms with van der Waals surface area (Å²) in [4.78, 5) is 13.3. The van der Waals surface area contributed by atoms with Gasteiger partial charge >= 0.3 is 5.97 Å². The number of aryl methyl sites for hydroxylation is 1. The molecule has 0 bridgehead atoms. The van der Waals surface area contributed by atoms with Gasteiger partial charge in [0.15, 0.2) is 0 Å². The first kappa shape index (κ1) is 14.3. The lowest BCUT2D eigenvalue weighted by atomic mass is 10.1. The Hall–Kier alpha value is -1.07. The van der Waals surface area contributed by atoms with Crippen LogP contribution in [0.25, 0.3) is 0 Å². The molecule has 0 spiro atoms. The van der Waals surface area contributed by atoms with E-state index in [1.54, 1.807) is 0 Å². The Balaban J connectivity index is 2.28. The number of halogens is 1. The van der Waals surface area contributed by atoms with Crippen molar-refractivity contribution in [2.45, 2.75) is 25.8 Å². The summed E-state index contributed by atoms with van der Waals surface area (Å²) in [7, 11) is 0. The van der Waals surface area contributed by atoms with Crippen LogP contribution < -0.4 is 10.2 Å². The van der Waals surface area contributed by atoms with Crippen LogP contribution in [0, 0.1) is 6.92 Å². The molecule has 1 aliphatic heterocycles. The largest absolute Gasteiger partial charge is 0.481 e. The molecule has 1 aliphatic rings. The van der Waals surface area contributed by atoms with Gasteiger partial charge in [0.05, 0.1) is 12.5 Å². The summed E-state index contributed by atoms with van der Waals surface area (Å²) in [6.07, 6.45) is 1.20. The van der Waals surface area contributed by atoms with E-state index in [0.717, 1.165) is 36.2 Å². The van der Waals surface area contributed by atoms with E-state index in [2.05, 4.69) is 45.2 Å². The normalized spacial score (nSPS) is 20.1. The molecule has 0 aliphatic carbocycles. The predicted octanol–water partition coefficient (Wildman–Crippen LogP) is 2.40.